The summed E-state index contributed by atoms with van der Waals surface area (Å²) < 4.78 is 20.9. The van der Waals surface area contributed by atoms with Crippen molar-refractivity contribution in [2.24, 2.45) is 0 Å². The number of carbonyl (C=O) groups is 1. The monoisotopic (exact) mass is 380 g/mol. The summed E-state index contributed by atoms with van der Waals surface area (Å²) in [6, 6.07) is 8.50. The first-order valence-electron chi connectivity index (χ1n) is 7.69. The van der Waals surface area contributed by atoms with E-state index in [1.54, 1.807) is 37.4 Å². The molecule has 2 N–H and O–H groups in total. The summed E-state index contributed by atoms with van der Waals surface area (Å²) in [5.41, 5.74) is 1.23. The first kappa shape index (κ1) is 19.5. The van der Waals surface area contributed by atoms with Crippen molar-refractivity contribution in [3.05, 3.63) is 35.4 Å². The van der Waals surface area contributed by atoms with Crippen molar-refractivity contribution >= 4 is 28.9 Å². The van der Waals surface area contributed by atoms with E-state index in [2.05, 4.69) is 10.6 Å². The lowest BCUT2D eigenvalue weighted by Gasteiger charge is -2.15. The number of nitrogens with one attached hydrogen (secondary N) is 2. The van der Waals surface area contributed by atoms with Gasteiger partial charge in [-0.15, -0.1) is 0 Å². The second-order valence-electron chi connectivity index (χ2n) is 5.17. The van der Waals surface area contributed by atoms with E-state index in [1.165, 1.54) is 21.3 Å². The number of anilines is 2. The molecule has 140 valence electrons. The van der Waals surface area contributed by atoms with Gasteiger partial charge in [0.15, 0.2) is 11.5 Å². The van der Waals surface area contributed by atoms with Gasteiger partial charge < -0.3 is 29.6 Å². The lowest BCUT2D eigenvalue weighted by molar-refractivity contribution is -0.114. The molecule has 0 heterocycles. The predicted octanol–water partition coefficient (Wildman–Crippen LogP) is 3.43. The van der Waals surface area contributed by atoms with Crippen LogP contribution in [0.25, 0.3) is 0 Å². The summed E-state index contributed by atoms with van der Waals surface area (Å²) in [6.07, 6.45) is 0. The van der Waals surface area contributed by atoms with Crippen LogP contribution < -0.4 is 29.6 Å². The number of amides is 1. The predicted molar refractivity (Wildman–Crippen MR) is 101 cm³/mol. The third-order valence-corrected chi connectivity index (χ3v) is 3.85. The molecule has 1 amide bonds. The summed E-state index contributed by atoms with van der Waals surface area (Å²) in [4.78, 5) is 12.2. The van der Waals surface area contributed by atoms with Crippen LogP contribution in [0.5, 0.6) is 23.0 Å². The zero-order valence-electron chi connectivity index (χ0n) is 15.0. The van der Waals surface area contributed by atoms with Gasteiger partial charge in [-0.3, -0.25) is 4.79 Å². The van der Waals surface area contributed by atoms with E-state index in [-0.39, 0.29) is 12.5 Å². The fourth-order valence-electron chi connectivity index (χ4n) is 2.32. The molecule has 7 nitrogen and oxygen atoms in total. The molecular formula is C18H21ClN2O5. The molecule has 0 saturated heterocycles. The molecule has 2 rings (SSSR count). The summed E-state index contributed by atoms with van der Waals surface area (Å²) in [5.74, 6) is 1.69. The molecule has 26 heavy (non-hydrogen) atoms. The summed E-state index contributed by atoms with van der Waals surface area (Å²) in [7, 11) is 6.08. The van der Waals surface area contributed by atoms with E-state index in [9.17, 15) is 4.79 Å². The molecule has 0 saturated carbocycles. The van der Waals surface area contributed by atoms with Gasteiger partial charge in [0.05, 0.1) is 40.0 Å². The maximum Gasteiger partial charge on any atom is 0.243 e. The van der Waals surface area contributed by atoms with Crippen LogP contribution in [0, 0.1) is 0 Å². The van der Waals surface area contributed by atoms with Gasteiger partial charge in [0.25, 0.3) is 0 Å². The summed E-state index contributed by atoms with van der Waals surface area (Å²) >= 11 is 6.06. The van der Waals surface area contributed by atoms with E-state index in [4.69, 9.17) is 30.5 Å². The van der Waals surface area contributed by atoms with Crippen LogP contribution in [0.2, 0.25) is 5.02 Å². The molecule has 2 aromatic carbocycles. The number of ether oxygens (including phenoxy) is 4. The third-order valence-electron chi connectivity index (χ3n) is 3.55. The topological polar surface area (TPSA) is 78.1 Å². The van der Waals surface area contributed by atoms with Gasteiger partial charge in [-0.1, -0.05) is 11.6 Å². The maximum atomic E-state index is 12.2. The van der Waals surface area contributed by atoms with Gasteiger partial charge in [-0.25, -0.2) is 0 Å². The Morgan fingerprint density at radius 3 is 2.00 bits per heavy atom. The van der Waals surface area contributed by atoms with Crippen molar-refractivity contribution in [1.82, 2.24) is 0 Å². The molecular weight excluding hydrogens is 360 g/mol. The average molecular weight is 381 g/mol. The largest absolute Gasteiger partial charge is 0.495 e. The van der Waals surface area contributed by atoms with Gasteiger partial charge in [-0.05, 0) is 18.2 Å². The van der Waals surface area contributed by atoms with E-state index >= 15 is 0 Å². The molecule has 0 bridgehead atoms. The number of halogens is 1. The van der Waals surface area contributed by atoms with E-state index in [0.717, 1.165) is 0 Å². The van der Waals surface area contributed by atoms with Crippen LogP contribution in [-0.4, -0.2) is 40.9 Å². The van der Waals surface area contributed by atoms with Crippen LogP contribution in [-0.2, 0) is 4.79 Å². The van der Waals surface area contributed by atoms with Crippen LogP contribution in [0.15, 0.2) is 30.3 Å². The van der Waals surface area contributed by atoms with Crippen molar-refractivity contribution in [1.29, 1.82) is 0 Å². The Morgan fingerprint density at radius 1 is 0.885 bits per heavy atom. The van der Waals surface area contributed by atoms with E-state index in [0.29, 0.717) is 39.4 Å². The number of benzene rings is 2. The van der Waals surface area contributed by atoms with E-state index < -0.39 is 0 Å². The lowest BCUT2D eigenvalue weighted by atomic mass is 10.2. The molecule has 0 aromatic heterocycles. The minimum Gasteiger partial charge on any atom is -0.495 e. The van der Waals surface area contributed by atoms with Crippen molar-refractivity contribution in [3.63, 3.8) is 0 Å². The summed E-state index contributed by atoms with van der Waals surface area (Å²) in [6.45, 7) is 0.0549. The van der Waals surface area contributed by atoms with Crippen molar-refractivity contribution in [3.8, 4) is 23.0 Å². The molecule has 0 radical (unpaired) electrons. The lowest BCUT2D eigenvalue weighted by Crippen LogP contribution is -2.21. The smallest absolute Gasteiger partial charge is 0.243 e. The highest BCUT2D eigenvalue weighted by atomic mass is 35.5. The zero-order valence-corrected chi connectivity index (χ0v) is 15.8. The van der Waals surface area contributed by atoms with Gasteiger partial charge in [0.2, 0.25) is 11.7 Å². The number of methoxy groups -OCH3 is 4. The van der Waals surface area contributed by atoms with Crippen molar-refractivity contribution in [2.75, 3.05) is 45.6 Å². The summed E-state index contributed by atoms with van der Waals surface area (Å²) in [5, 5.41) is 6.23. The van der Waals surface area contributed by atoms with Crippen LogP contribution >= 0.6 is 11.6 Å². The molecule has 0 unspecified atom stereocenters. The molecule has 2 aromatic rings. The minimum atomic E-state index is -0.244. The second kappa shape index (κ2) is 9.05. The quantitative estimate of drug-likeness (QED) is 0.730. The highest BCUT2D eigenvalue weighted by molar-refractivity contribution is 6.32. The van der Waals surface area contributed by atoms with Crippen molar-refractivity contribution < 1.29 is 23.7 Å². The highest BCUT2D eigenvalue weighted by Crippen LogP contribution is 2.39. The second-order valence-corrected chi connectivity index (χ2v) is 5.57. The highest BCUT2D eigenvalue weighted by Gasteiger charge is 2.14. The molecule has 0 aliphatic rings. The van der Waals surface area contributed by atoms with Gasteiger partial charge in [-0.2, -0.15) is 0 Å². The van der Waals surface area contributed by atoms with Gasteiger partial charge in [0.1, 0.15) is 5.75 Å². The minimum absolute atomic E-state index is 0.0549. The fourth-order valence-corrected chi connectivity index (χ4v) is 2.57. The van der Waals surface area contributed by atoms with E-state index in [1.807, 2.05) is 0 Å². The Labute approximate surface area is 157 Å². The third kappa shape index (κ3) is 4.64. The zero-order chi connectivity index (χ0) is 19.1. The average Bonchev–Trinajstić information content (AvgIpc) is 2.65. The van der Waals surface area contributed by atoms with Crippen molar-refractivity contribution in [2.45, 2.75) is 0 Å². The molecule has 8 heteroatoms. The molecule has 0 aliphatic carbocycles. The normalized spacial score (nSPS) is 10.0. The molecule has 0 atom stereocenters. The Bertz CT molecular complexity index is 757. The Balaban J connectivity index is 2.04. The maximum absolute atomic E-state index is 12.2. The van der Waals surface area contributed by atoms with Gasteiger partial charge in [0, 0.05) is 23.5 Å². The van der Waals surface area contributed by atoms with Crippen LogP contribution in [0.1, 0.15) is 0 Å². The molecule has 0 spiro atoms. The Kier molecular flexibility index (Phi) is 6.80. The Hall–Kier alpha value is -2.80. The molecule has 0 aliphatic heterocycles. The van der Waals surface area contributed by atoms with Crippen LogP contribution in [0.3, 0.4) is 0 Å². The SMILES string of the molecule is COc1ccc(NCC(=O)Nc2cc(OC)c(OC)c(OC)c2)cc1Cl. The number of hydrogen-bond acceptors (Lipinski definition) is 6. The number of carbonyl (C=O) groups excluding carboxylic acids is 1. The first-order valence-corrected chi connectivity index (χ1v) is 8.07. The molecule has 0 fully saturated rings. The first-order chi connectivity index (χ1) is 12.5. The fraction of sp³-hybridized carbons (Fsp3) is 0.278. The van der Waals surface area contributed by atoms with Crippen LogP contribution in [0.4, 0.5) is 11.4 Å². The number of hydrogen-bond donors (Lipinski definition) is 2. The number of rotatable bonds is 8. The standard InChI is InChI=1S/C18H21ClN2O5/c1-23-14-6-5-11(7-13(14)19)20-10-17(22)21-12-8-15(24-2)18(26-4)16(9-12)25-3/h5-9,20H,10H2,1-4H3,(H,21,22). The Morgan fingerprint density at radius 2 is 1.50 bits per heavy atom. The van der Waals surface area contributed by atoms with Gasteiger partial charge >= 0.3 is 0 Å².